The van der Waals surface area contributed by atoms with Crippen LogP contribution in [-0.4, -0.2) is 36.0 Å². The summed E-state index contributed by atoms with van der Waals surface area (Å²) in [4.78, 5) is 23.7. The summed E-state index contributed by atoms with van der Waals surface area (Å²) < 4.78 is 30.4. The largest absolute Gasteiger partial charge is 0.447 e. The van der Waals surface area contributed by atoms with Crippen LogP contribution in [0.2, 0.25) is 0 Å². The summed E-state index contributed by atoms with van der Waals surface area (Å²) >= 11 is 0. The van der Waals surface area contributed by atoms with Gasteiger partial charge in [0.05, 0.1) is 6.54 Å². The molecule has 0 aromatic heterocycles. The quantitative estimate of drug-likeness (QED) is 0.831. The van der Waals surface area contributed by atoms with Gasteiger partial charge in [0.15, 0.2) is 0 Å². The Morgan fingerprint density at radius 2 is 2.04 bits per heavy atom. The van der Waals surface area contributed by atoms with E-state index in [0.29, 0.717) is 6.42 Å². The molecule has 0 radical (unpaired) electrons. The summed E-state index contributed by atoms with van der Waals surface area (Å²) in [5, 5.41) is 0. The molecule has 2 amide bonds. The van der Waals surface area contributed by atoms with Crippen molar-refractivity contribution in [3.8, 4) is 0 Å². The van der Waals surface area contributed by atoms with Crippen LogP contribution in [0.15, 0.2) is 30.3 Å². The second kappa shape index (κ2) is 7.53. The first-order chi connectivity index (χ1) is 10.9. The molecular formula is C17H21F2NO3. The van der Waals surface area contributed by atoms with Crippen LogP contribution in [0.3, 0.4) is 0 Å². The Labute approximate surface area is 134 Å². The second-order valence-electron chi connectivity index (χ2n) is 5.98. The SMILES string of the molecule is Cc1ccccc1.O=C(CC1CCC(F)(F)C1)N1CCOC1=O. The number of alkyl halides is 2. The molecule has 1 saturated heterocycles. The van der Waals surface area contributed by atoms with Crippen molar-refractivity contribution in [1.29, 1.82) is 0 Å². The number of nitrogens with zero attached hydrogens (tertiary/aromatic N) is 1. The molecule has 4 nitrogen and oxygen atoms in total. The van der Waals surface area contributed by atoms with Gasteiger partial charge in [0.1, 0.15) is 6.61 Å². The third-order valence-corrected chi connectivity index (χ3v) is 3.97. The molecule has 126 valence electrons. The normalized spacial score (nSPS) is 22.3. The first kappa shape index (κ1) is 17.4. The van der Waals surface area contributed by atoms with Crippen molar-refractivity contribution in [2.45, 2.75) is 38.5 Å². The monoisotopic (exact) mass is 325 g/mol. The van der Waals surface area contributed by atoms with Crippen molar-refractivity contribution >= 4 is 12.0 Å². The maximum absolute atomic E-state index is 12.9. The van der Waals surface area contributed by atoms with Crippen molar-refractivity contribution in [1.82, 2.24) is 4.90 Å². The predicted molar refractivity (Wildman–Crippen MR) is 81.1 cm³/mol. The van der Waals surface area contributed by atoms with E-state index in [1.165, 1.54) is 5.56 Å². The highest BCUT2D eigenvalue weighted by Crippen LogP contribution is 2.40. The zero-order chi connectivity index (χ0) is 16.9. The minimum Gasteiger partial charge on any atom is -0.447 e. The number of halogens is 2. The maximum atomic E-state index is 12.9. The Balaban J connectivity index is 0.000000229. The number of carbonyl (C=O) groups is 2. The average molecular weight is 325 g/mol. The van der Waals surface area contributed by atoms with E-state index >= 15 is 0 Å². The zero-order valence-electron chi connectivity index (χ0n) is 13.1. The van der Waals surface area contributed by atoms with Crippen molar-refractivity contribution in [2.75, 3.05) is 13.2 Å². The number of cyclic esters (lactones) is 1. The van der Waals surface area contributed by atoms with Gasteiger partial charge in [-0.2, -0.15) is 0 Å². The smallest absolute Gasteiger partial charge is 0.416 e. The standard InChI is InChI=1S/C10H13F2NO3.C7H8/c11-10(12)2-1-7(6-10)5-8(14)13-3-4-16-9(13)15;1-7-5-3-2-4-6-7/h7H,1-6H2;2-6H,1H3. The van der Waals surface area contributed by atoms with Gasteiger partial charge in [-0.1, -0.05) is 35.9 Å². The van der Waals surface area contributed by atoms with Crippen LogP contribution in [0.4, 0.5) is 13.6 Å². The van der Waals surface area contributed by atoms with Crippen LogP contribution < -0.4 is 0 Å². The van der Waals surface area contributed by atoms with Crippen molar-refractivity contribution in [2.24, 2.45) is 5.92 Å². The summed E-state index contributed by atoms with van der Waals surface area (Å²) in [6, 6.07) is 10.3. The van der Waals surface area contributed by atoms with E-state index in [0.717, 1.165) is 4.90 Å². The maximum Gasteiger partial charge on any atom is 0.416 e. The fraction of sp³-hybridized carbons (Fsp3) is 0.529. The molecule has 6 heteroatoms. The predicted octanol–water partition coefficient (Wildman–Crippen LogP) is 3.79. The minimum atomic E-state index is -2.64. The molecule has 1 saturated carbocycles. The molecule has 0 N–H and O–H groups in total. The summed E-state index contributed by atoms with van der Waals surface area (Å²) in [6.45, 7) is 2.52. The zero-order valence-corrected chi connectivity index (χ0v) is 13.1. The summed E-state index contributed by atoms with van der Waals surface area (Å²) in [6.07, 6.45) is -0.696. The number of hydrogen-bond acceptors (Lipinski definition) is 3. The van der Waals surface area contributed by atoms with Gasteiger partial charge >= 0.3 is 6.09 Å². The third kappa shape index (κ3) is 5.30. The molecule has 1 atom stereocenters. The number of carbonyl (C=O) groups excluding carboxylic acids is 2. The lowest BCUT2D eigenvalue weighted by Crippen LogP contribution is -2.32. The van der Waals surface area contributed by atoms with E-state index in [-0.39, 0.29) is 38.3 Å². The fourth-order valence-electron chi connectivity index (χ4n) is 2.73. The number of amides is 2. The fourth-order valence-corrected chi connectivity index (χ4v) is 2.73. The van der Waals surface area contributed by atoms with Crippen LogP contribution in [0.25, 0.3) is 0 Å². The second-order valence-corrected chi connectivity index (χ2v) is 5.98. The summed E-state index contributed by atoms with van der Waals surface area (Å²) in [7, 11) is 0. The van der Waals surface area contributed by atoms with Gasteiger partial charge in [0.25, 0.3) is 0 Å². The molecule has 0 bridgehead atoms. The Bertz CT molecular complexity index is 548. The first-order valence-corrected chi connectivity index (χ1v) is 7.74. The van der Waals surface area contributed by atoms with E-state index in [1.54, 1.807) is 0 Å². The molecule has 2 fully saturated rings. The number of aryl methyl sites for hydroxylation is 1. The van der Waals surface area contributed by atoms with E-state index in [2.05, 4.69) is 23.8 Å². The van der Waals surface area contributed by atoms with Crippen LogP contribution >= 0.6 is 0 Å². The summed E-state index contributed by atoms with van der Waals surface area (Å²) in [5.41, 5.74) is 1.32. The van der Waals surface area contributed by atoms with E-state index in [9.17, 15) is 18.4 Å². The number of imide groups is 1. The molecule has 1 unspecified atom stereocenters. The highest BCUT2D eigenvalue weighted by Gasteiger charge is 2.41. The first-order valence-electron chi connectivity index (χ1n) is 7.74. The Morgan fingerprint density at radius 3 is 2.48 bits per heavy atom. The van der Waals surface area contributed by atoms with Crippen LogP contribution in [0, 0.1) is 12.8 Å². The van der Waals surface area contributed by atoms with Gasteiger partial charge in [-0.05, 0) is 19.3 Å². The summed E-state index contributed by atoms with van der Waals surface area (Å²) in [5.74, 6) is -3.35. The lowest BCUT2D eigenvalue weighted by Gasteiger charge is -2.14. The van der Waals surface area contributed by atoms with E-state index in [1.807, 2.05) is 18.2 Å². The number of rotatable bonds is 2. The van der Waals surface area contributed by atoms with Gasteiger partial charge in [0, 0.05) is 19.3 Å². The highest BCUT2D eigenvalue weighted by molar-refractivity contribution is 5.93. The highest BCUT2D eigenvalue weighted by atomic mass is 19.3. The Morgan fingerprint density at radius 1 is 1.35 bits per heavy atom. The van der Waals surface area contributed by atoms with E-state index < -0.39 is 17.9 Å². The van der Waals surface area contributed by atoms with Gasteiger partial charge < -0.3 is 4.74 Å². The number of ether oxygens (including phenoxy) is 1. The van der Waals surface area contributed by atoms with Crippen molar-refractivity contribution < 1.29 is 23.1 Å². The molecule has 1 aliphatic carbocycles. The molecule has 2 aliphatic rings. The van der Waals surface area contributed by atoms with Gasteiger partial charge in [-0.3, -0.25) is 4.79 Å². The molecular weight excluding hydrogens is 304 g/mol. The number of benzene rings is 1. The number of hydrogen-bond donors (Lipinski definition) is 0. The molecule has 1 aromatic carbocycles. The molecule has 0 spiro atoms. The van der Waals surface area contributed by atoms with Crippen molar-refractivity contribution in [3.05, 3.63) is 35.9 Å². The van der Waals surface area contributed by atoms with E-state index in [4.69, 9.17) is 0 Å². The van der Waals surface area contributed by atoms with Gasteiger partial charge in [0.2, 0.25) is 11.8 Å². The molecule has 1 aliphatic heterocycles. The Hall–Kier alpha value is -1.98. The molecule has 3 rings (SSSR count). The molecule has 1 aromatic rings. The van der Waals surface area contributed by atoms with Crippen LogP contribution in [0.1, 0.15) is 31.2 Å². The lowest BCUT2D eigenvalue weighted by molar-refractivity contribution is -0.128. The average Bonchev–Trinajstić information content (AvgIpc) is 3.06. The van der Waals surface area contributed by atoms with Gasteiger partial charge in [-0.15, -0.1) is 0 Å². The minimum absolute atomic E-state index is 0.0185. The van der Waals surface area contributed by atoms with Gasteiger partial charge in [-0.25, -0.2) is 18.5 Å². The molecule has 23 heavy (non-hydrogen) atoms. The third-order valence-electron chi connectivity index (χ3n) is 3.97. The lowest BCUT2D eigenvalue weighted by atomic mass is 10.0. The topological polar surface area (TPSA) is 46.6 Å². The Kier molecular flexibility index (Phi) is 5.69. The van der Waals surface area contributed by atoms with Crippen LogP contribution in [0.5, 0.6) is 0 Å². The molecule has 1 heterocycles. The van der Waals surface area contributed by atoms with Crippen LogP contribution in [-0.2, 0) is 9.53 Å². The van der Waals surface area contributed by atoms with Crippen molar-refractivity contribution in [3.63, 3.8) is 0 Å².